The van der Waals surface area contributed by atoms with Crippen LogP contribution in [0.3, 0.4) is 0 Å². The van der Waals surface area contributed by atoms with E-state index in [1.54, 1.807) is 0 Å². The normalized spacial score (nSPS) is 22.4. The molecule has 94 valence electrons. The maximum Gasteiger partial charge on any atom is 0.159 e. The second kappa shape index (κ2) is 5.53. The summed E-state index contributed by atoms with van der Waals surface area (Å²) in [5.74, 6) is -1.80. The van der Waals surface area contributed by atoms with Gasteiger partial charge in [-0.3, -0.25) is 0 Å². The lowest BCUT2D eigenvalue weighted by Gasteiger charge is -2.27. The topological polar surface area (TPSA) is 38.7 Å². The lowest BCUT2D eigenvalue weighted by Crippen LogP contribution is -2.39. The van der Waals surface area contributed by atoms with Crippen molar-refractivity contribution in [1.29, 1.82) is 0 Å². The Morgan fingerprint density at radius 1 is 1.29 bits per heavy atom. The van der Waals surface area contributed by atoms with E-state index in [9.17, 15) is 13.9 Å². The molecule has 1 aromatic rings. The summed E-state index contributed by atoms with van der Waals surface area (Å²) in [6.45, 7) is 1.29. The number of hydrogen-bond donors (Lipinski definition) is 1. The Labute approximate surface area is 98.0 Å². The molecule has 2 rings (SSSR count). The number of benzene rings is 1. The smallest absolute Gasteiger partial charge is 0.159 e. The third kappa shape index (κ3) is 3.21. The minimum Gasteiger partial charge on any atom is -0.390 e. The highest BCUT2D eigenvalue weighted by Crippen LogP contribution is 2.14. The van der Waals surface area contributed by atoms with E-state index in [4.69, 9.17) is 9.47 Å². The van der Waals surface area contributed by atoms with Gasteiger partial charge in [-0.1, -0.05) is 6.07 Å². The second-order valence-corrected chi connectivity index (χ2v) is 4.00. The first kappa shape index (κ1) is 12.4. The zero-order chi connectivity index (χ0) is 12.3. The van der Waals surface area contributed by atoms with Gasteiger partial charge in [-0.05, 0) is 17.7 Å². The van der Waals surface area contributed by atoms with E-state index in [-0.39, 0.29) is 6.42 Å². The van der Waals surface area contributed by atoms with E-state index in [0.29, 0.717) is 25.4 Å². The Bertz CT molecular complexity index is 378. The Kier molecular flexibility index (Phi) is 4.04. The summed E-state index contributed by atoms with van der Waals surface area (Å²) in [6.07, 6.45) is -0.970. The molecule has 17 heavy (non-hydrogen) atoms. The monoisotopic (exact) mass is 244 g/mol. The van der Waals surface area contributed by atoms with Gasteiger partial charge in [0.1, 0.15) is 6.10 Å². The van der Waals surface area contributed by atoms with E-state index in [0.717, 1.165) is 12.1 Å². The molecule has 1 heterocycles. The van der Waals surface area contributed by atoms with Gasteiger partial charge in [0.25, 0.3) is 0 Å². The molecule has 1 aromatic carbocycles. The van der Waals surface area contributed by atoms with Gasteiger partial charge in [0.15, 0.2) is 11.6 Å². The molecular formula is C12H14F2O3. The minimum atomic E-state index is -0.907. The molecule has 0 aromatic heterocycles. The van der Waals surface area contributed by atoms with Gasteiger partial charge in [-0.2, -0.15) is 0 Å². The first-order valence-electron chi connectivity index (χ1n) is 5.48. The fourth-order valence-corrected chi connectivity index (χ4v) is 1.77. The molecule has 0 aliphatic carbocycles. The van der Waals surface area contributed by atoms with Gasteiger partial charge in [0, 0.05) is 6.42 Å². The van der Waals surface area contributed by atoms with Crippen molar-refractivity contribution in [2.45, 2.75) is 18.6 Å². The predicted octanol–water partition coefficient (Wildman–Crippen LogP) is 1.28. The Hall–Kier alpha value is -1.04. The highest BCUT2D eigenvalue weighted by atomic mass is 19.2. The maximum atomic E-state index is 13.0. The van der Waals surface area contributed by atoms with E-state index < -0.39 is 23.8 Å². The molecule has 2 unspecified atom stereocenters. The average molecular weight is 244 g/mol. The zero-order valence-corrected chi connectivity index (χ0v) is 9.23. The molecule has 0 spiro atoms. The maximum absolute atomic E-state index is 13.0. The van der Waals surface area contributed by atoms with Crippen molar-refractivity contribution in [3.63, 3.8) is 0 Å². The third-order valence-corrected chi connectivity index (χ3v) is 2.70. The molecular weight excluding hydrogens is 230 g/mol. The molecule has 1 fully saturated rings. The minimum absolute atomic E-state index is 0.214. The van der Waals surface area contributed by atoms with E-state index in [1.807, 2.05) is 0 Å². The lowest BCUT2D eigenvalue weighted by atomic mass is 10.0. The quantitative estimate of drug-likeness (QED) is 0.870. The van der Waals surface area contributed by atoms with Crippen LogP contribution in [0.15, 0.2) is 18.2 Å². The Balaban J connectivity index is 1.96. The number of hydrogen-bond acceptors (Lipinski definition) is 3. The highest BCUT2D eigenvalue weighted by Gasteiger charge is 2.23. The van der Waals surface area contributed by atoms with E-state index in [1.165, 1.54) is 6.07 Å². The van der Waals surface area contributed by atoms with Crippen LogP contribution in [-0.2, 0) is 15.9 Å². The van der Waals surface area contributed by atoms with Crippen LogP contribution in [-0.4, -0.2) is 37.1 Å². The van der Waals surface area contributed by atoms with Crippen molar-refractivity contribution in [3.8, 4) is 0 Å². The second-order valence-electron chi connectivity index (χ2n) is 4.00. The number of aliphatic hydroxyl groups is 1. The number of rotatable bonds is 3. The molecule has 2 atom stereocenters. The summed E-state index contributed by atoms with van der Waals surface area (Å²) >= 11 is 0. The standard InChI is InChI=1S/C12H14F2O3/c13-9-2-1-8(5-10(9)14)6-11(15)12-7-16-3-4-17-12/h1-2,5,11-12,15H,3-4,6-7H2. The van der Waals surface area contributed by atoms with Crippen molar-refractivity contribution < 1.29 is 23.4 Å². The summed E-state index contributed by atoms with van der Waals surface area (Å²) in [7, 11) is 0. The van der Waals surface area contributed by atoms with Crippen LogP contribution in [0.1, 0.15) is 5.56 Å². The Morgan fingerprint density at radius 2 is 2.12 bits per heavy atom. The van der Waals surface area contributed by atoms with Crippen LogP contribution in [0.4, 0.5) is 8.78 Å². The number of ether oxygens (including phenoxy) is 2. The zero-order valence-electron chi connectivity index (χ0n) is 9.23. The first-order valence-corrected chi connectivity index (χ1v) is 5.48. The van der Waals surface area contributed by atoms with Crippen LogP contribution >= 0.6 is 0 Å². The molecule has 3 nitrogen and oxygen atoms in total. The van der Waals surface area contributed by atoms with Gasteiger partial charge in [0.2, 0.25) is 0 Å². The lowest BCUT2D eigenvalue weighted by molar-refractivity contribution is -0.131. The fourth-order valence-electron chi connectivity index (χ4n) is 1.77. The van der Waals surface area contributed by atoms with Gasteiger partial charge in [-0.25, -0.2) is 8.78 Å². The molecule has 5 heteroatoms. The summed E-state index contributed by atoms with van der Waals surface area (Å²) in [5.41, 5.74) is 0.533. The van der Waals surface area contributed by atoms with Crippen molar-refractivity contribution in [2.24, 2.45) is 0 Å². The molecule has 1 N–H and O–H groups in total. The van der Waals surface area contributed by atoms with Gasteiger partial charge in [0.05, 0.1) is 25.9 Å². The van der Waals surface area contributed by atoms with Crippen LogP contribution < -0.4 is 0 Å². The summed E-state index contributed by atoms with van der Waals surface area (Å²) in [5, 5.41) is 9.87. The largest absolute Gasteiger partial charge is 0.390 e. The SMILES string of the molecule is OC(Cc1ccc(F)c(F)c1)C1COCCO1. The van der Waals surface area contributed by atoms with Crippen LogP contribution in [0, 0.1) is 11.6 Å². The summed E-state index contributed by atoms with van der Waals surface area (Å²) in [4.78, 5) is 0. The van der Waals surface area contributed by atoms with Gasteiger partial charge >= 0.3 is 0 Å². The molecule has 0 radical (unpaired) electrons. The number of halogens is 2. The molecule has 1 saturated heterocycles. The van der Waals surface area contributed by atoms with Crippen molar-refractivity contribution in [1.82, 2.24) is 0 Å². The fraction of sp³-hybridized carbons (Fsp3) is 0.500. The predicted molar refractivity (Wildman–Crippen MR) is 56.6 cm³/mol. The van der Waals surface area contributed by atoms with Crippen LogP contribution in [0.25, 0.3) is 0 Å². The van der Waals surface area contributed by atoms with E-state index >= 15 is 0 Å². The van der Waals surface area contributed by atoms with Crippen molar-refractivity contribution in [2.75, 3.05) is 19.8 Å². The Morgan fingerprint density at radius 3 is 2.76 bits per heavy atom. The summed E-state index contributed by atoms with van der Waals surface area (Å²) in [6, 6.07) is 3.59. The van der Waals surface area contributed by atoms with Crippen LogP contribution in [0.2, 0.25) is 0 Å². The summed E-state index contributed by atoms with van der Waals surface area (Å²) < 4.78 is 36.2. The van der Waals surface area contributed by atoms with Gasteiger partial charge < -0.3 is 14.6 Å². The first-order chi connectivity index (χ1) is 8.16. The van der Waals surface area contributed by atoms with Crippen molar-refractivity contribution in [3.05, 3.63) is 35.4 Å². The van der Waals surface area contributed by atoms with Gasteiger partial charge in [-0.15, -0.1) is 0 Å². The number of aliphatic hydroxyl groups excluding tert-OH is 1. The molecule has 0 saturated carbocycles. The average Bonchev–Trinajstić information content (AvgIpc) is 2.35. The third-order valence-electron chi connectivity index (χ3n) is 2.70. The van der Waals surface area contributed by atoms with E-state index in [2.05, 4.69) is 0 Å². The molecule has 0 bridgehead atoms. The highest BCUT2D eigenvalue weighted by molar-refractivity contribution is 5.18. The molecule has 1 aliphatic heterocycles. The van der Waals surface area contributed by atoms with Crippen molar-refractivity contribution >= 4 is 0 Å². The van der Waals surface area contributed by atoms with Crippen LogP contribution in [0.5, 0.6) is 0 Å². The molecule has 0 amide bonds. The molecule has 1 aliphatic rings.